The van der Waals surface area contributed by atoms with Gasteiger partial charge in [-0.1, -0.05) is 9.59 Å². The lowest BCUT2D eigenvalue weighted by molar-refractivity contribution is 0.479. The van der Waals surface area contributed by atoms with Crippen LogP contribution in [0.3, 0.4) is 0 Å². The molecule has 0 spiro atoms. The van der Waals surface area contributed by atoms with Crippen molar-refractivity contribution in [2.24, 2.45) is 0 Å². The van der Waals surface area contributed by atoms with Crippen molar-refractivity contribution < 1.29 is 0 Å². The lowest BCUT2D eigenvalue weighted by Crippen LogP contribution is -2.38. The van der Waals surface area contributed by atoms with Crippen LogP contribution in [0.4, 0.5) is 5.13 Å². The molecule has 1 atom stereocenters. The van der Waals surface area contributed by atoms with Crippen molar-refractivity contribution in [2.45, 2.75) is 18.9 Å². The Morgan fingerprint density at radius 2 is 2.58 bits per heavy atom. The molecule has 0 bridgehead atoms. The van der Waals surface area contributed by atoms with Crippen LogP contribution in [-0.4, -0.2) is 33.9 Å². The zero-order chi connectivity index (χ0) is 8.23. The average Bonchev–Trinajstić information content (AvgIpc) is 2.59. The third kappa shape index (κ3) is 1.89. The highest BCUT2D eigenvalue weighted by atomic mass is 32.1. The fourth-order valence-electron chi connectivity index (χ4n) is 1.34. The Morgan fingerprint density at radius 3 is 3.25 bits per heavy atom. The minimum Gasteiger partial charge on any atom is -0.355 e. The summed E-state index contributed by atoms with van der Waals surface area (Å²) in [6.07, 6.45) is 2.43. The van der Waals surface area contributed by atoms with E-state index in [0.717, 1.165) is 18.2 Å². The molecule has 0 radical (unpaired) electrons. The van der Waals surface area contributed by atoms with Crippen molar-refractivity contribution in [3.63, 3.8) is 0 Å². The number of nitrogens with zero attached hydrogens (tertiary/aromatic N) is 3. The predicted octanol–water partition coefficient (Wildman–Crippen LogP) is 0.0970. The lowest BCUT2D eigenvalue weighted by Gasteiger charge is -2.22. The molecule has 5 nitrogen and oxygen atoms in total. The molecule has 0 amide bonds. The second-order valence-corrected chi connectivity index (χ2v) is 3.59. The lowest BCUT2D eigenvalue weighted by atomic mass is 10.1. The first kappa shape index (κ1) is 7.88. The molecule has 0 aromatic carbocycles. The molecular formula is C6H11N5S. The Morgan fingerprint density at radius 1 is 1.58 bits per heavy atom. The first-order valence-corrected chi connectivity index (χ1v) is 4.85. The Kier molecular flexibility index (Phi) is 2.48. The highest BCUT2D eigenvalue weighted by Gasteiger charge is 2.13. The van der Waals surface area contributed by atoms with Gasteiger partial charge in [0.05, 0.1) is 0 Å². The van der Waals surface area contributed by atoms with Crippen molar-refractivity contribution in [1.29, 1.82) is 0 Å². The number of rotatable bonds is 2. The molecule has 2 N–H and O–H groups in total. The van der Waals surface area contributed by atoms with E-state index < -0.39 is 0 Å². The van der Waals surface area contributed by atoms with Crippen molar-refractivity contribution >= 4 is 16.7 Å². The van der Waals surface area contributed by atoms with Gasteiger partial charge in [0.2, 0.25) is 5.13 Å². The van der Waals surface area contributed by atoms with Crippen LogP contribution in [0.15, 0.2) is 0 Å². The quantitative estimate of drug-likeness (QED) is 0.684. The van der Waals surface area contributed by atoms with Gasteiger partial charge in [-0.05, 0) is 24.6 Å². The van der Waals surface area contributed by atoms with E-state index in [1.165, 1.54) is 24.4 Å². The number of anilines is 1. The van der Waals surface area contributed by atoms with Crippen molar-refractivity contribution in [2.75, 3.05) is 18.4 Å². The molecule has 2 heterocycles. The number of hydrogen-bond donors (Lipinski definition) is 2. The summed E-state index contributed by atoms with van der Waals surface area (Å²) in [5, 5.41) is 14.8. The zero-order valence-electron chi connectivity index (χ0n) is 6.66. The largest absolute Gasteiger partial charge is 0.355 e. The zero-order valence-corrected chi connectivity index (χ0v) is 7.47. The van der Waals surface area contributed by atoms with E-state index in [2.05, 4.69) is 25.4 Å². The number of aromatic nitrogens is 3. The Balaban J connectivity index is 1.86. The van der Waals surface area contributed by atoms with Gasteiger partial charge in [-0.3, -0.25) is 0 Å². The molecule has 1 aliphatic heterocycles. The molecule has 2 rings (SSSR count). The van der Waals surface area contributed by atoms with Gasteiger partial charge in [0.25, 0.3) is 0 Å². The first-order chi connectivity index (χ1) is 5.95. The minimum atomic E-state index is 0.494. The van der Waals surface area contributed by atoms with E-state index >= 15 is 0 Å². The second-order valence-electron chi connectivity index (χ2n) is 2.86. The summed E-state index contributed by atoms with van der Waals surface area (Å²) in [5.41, 5.74) is 0. The van der Waals surface area contributed by atoms with E-state index in [9.17, 15) is 0 Å². The van der Waals surface area contributed by atoms with Gasteiger partial charge in [0.15, 0.2) is 0 Å². The molecule has 1 aliphatic rings. The molecule has 1 fully saturated rings. The summed E-state index contributed by atoms with van der Waals surface area (Å²) >= 11 is 1.31. The maximum absolute atomic E-state index is 3.83. The van der Waals surface area contributed by atoms with E-state index in [-0.39, 0.29) is 0 Å². The van der Waals surface area contributed by atoms with Crippen LogP contribution < -0.4 is 10.6 Å². The van der Waals surface area contributed by atoms with Crippen molar-refractivity contribution in [3.05, 3.63) is 0 Å². The third-order valence-electron chi connectivity index (χ3n) is 1.92. The topological polar surface area (TPSA) is 62.7 Å². The van der Waals surface area contributed by atoms with Gasteiger partial charge in [-0.25, -0.2) is 0 Å². The Bertz CT molecular complexity index is 218. The first-order valence-electron chi connectivity index (χ1n) is 4.07. The van der Waals surface area contributed by atoms with Crippen LogP contribution in [0, 0.1) is 0 Å². The maximum Gasteiger partial charge on any atom is 0.225 e. The Hall–Kier alpha value is -0.750. The van der Waals surface area contributed by atoms with Crippen LogP contribution in [0.2, 0.25) is 0 Å². The smallest absolute Gasteiger partial charge is 0.225 e. The number of hydrogen-bond acceptors (Lipinski definition) is 6. The van der Waals surface area contributed by atoms with E-state index in [0.29, 0.717) is 6.04 Å². The van der Waals surface area contributed by atoms with Crippen LogP contribution in [0.25, 0.3) is 0 Å². The molecule has 0 aliphatic carbocycles. The summed E-state index contributed by atoms with van der Waals surface area (Å²) < 4.78 is 3.69. The molecule has 1 aromatic heterocycles. The summed E-state index contributed by atoms with van der Waals surface area (Å²) in [4.78, 5) is 0. The van der Waals surface area contributed by atoms with Gasteiger partial charge < -0.3 is 10.6 Å². The maximum atomic E-state index is 3.83. The monoisotopic (exact) mass is 185 g/mol. The van der Waals surface area contributed by atoms with Crippen LogP contribution in [0.5, 0.6) is 0 Å². The summed E-state index contributed by atoms with van der Waals surface area (Å²) in [6.45, 7) is 2.14. The standard InChI is InChI=1S/C6H11N5S/c1-2-5(4-7-3-1)8-6-9-10-11-12-6/h5,7H,1-4H2,(H,8,9,11). The average molecular weight is 185 g/mol. The summed E-state index contributed by atoms with van der Waals surface area (Å²) in [7, 11) is 0. The van der Waals surface area contributed by atoms with Gasteiger partial charge in [0, 0.05) is 24.1 Å². The van der Waals surface area contributed by atoms with Crippen LogP contribution in [0.1, 0.15) is 12.8 Å². The normalized spacial score (nSPS) is 23.8. The van der Waals surface area contributed by atoms with Crippen molar-refractivity contribution in [1.82, 2.24) is 20.1 Å². The highest BCUT2D eigenvalue weighted by molar-refractivity contribution is 7.09. The van der Waals surface area contributed by atoms with Gasteiger partial charge in [0.1, 0.15) is 0 Å². The van der Waals surface area contributed by atoms with E-state index in [1.807, 2.05) is 0 Å². The molecule has 1 unspecified atom stereocenters. The fraction of sp³-hybridized carbons (Fsp3) is 0.833. The molecular weight excluding hydrogens is 174 g/mol. The summed E-state index contributed by atoms with van der Waals surface area (Å²) in [6, 6.07) is 0.494. The minimum absolute atomic E-state index is 0.494. The number of piperidine rings is 1. The van der Waals surface area contributed by atoms with Crippen LogP contribution in [-0.2, 0) is 0 Å². The third-order valence-corrected chi connectivity index (χ3v) is 2.45. The highest BCUT2D eigenvalue weighted by Crippen LogP contribution is 2.11. The molecule has 0 saturated carbocycles. The Labute approximate surface area is 74.7 Å². The van der Waals surface area contributed by atoms with E-state index in [4.69, 9.17) is 0 Å². The van der Waals surface area contributed by atoms with E-state index in [1.54, 1.807) is 0 Å². The molecule has 1 aromatic rings. The molecule has 66 valence electrons. The van der Waals surface area contributed by atoms with Crippen LogP contribution >= 0.6 is 11.5 Å². The van der Waals surface area contributed by atoms with Crippen molar-refractivity contribution in [3.8, 4) is 0 Å². The second kappa shape index (κ2) is 3.77. The molecule has 1 saturated heterocycles. The van der Waals surface area contributed by atoms with Gasteiger partial charge in [-0.2, -0.15) is 0 Å². The fourth-order valence-corrected chi connectivity index (χ4v) is 1.78. The summed E-state index contributed by atoms with van der Waals surface area (Å²) in [5.74, 6) is 0. The predicted molar refractivity (Wildman–Crippen MR) is 47.2 cm³/mol. The van der Waals surface area contributed by atoms with Gasteiger partial charge in [-0.15, -0.1) is 0 Å². The molecule has 12 heavy (non-hydrogen) atoms. The molecule has 6 heteroatoms. The SMILES string of the molecule is C1CNCC(Nc2nnns2)C1. The van der Waals surface area contributed by atoms with Gasteiger partial charge >= 0.3 is 0 Å². The number of nitrogens with one attached hydrogen (secondary N) is 2.